The van der Waals surface area contributed by atoms with Crippen molar-refractivity contribution in [2.24, 2.45) is 0 Å². The SMILES string of the molecule is c1cnc2c(c1)nc(C1CCNCC1)n2C1CCCN1. The van der Waals surface area contributed by atoms with Crippen molar-refractivity contribution in [3.05, 3.63) is 24.2 Å². The third-order valence-electron chi connectivity index (χ3n) is 4.53. The molecule has 0 aromatic carbocycles. The lowest BCUT2D eigenvalue weighted by Gasteiger charge is -2.25. The Morgan fingerprint density at radius 1 is 1.15 bits per heavy atom. The minimum atomic E-state index is 0.375. The molecule has 0 amide bonds. The van der Waals surface area contributed by atoms with E-state index in [1.54, 1.807) is 0 Å². The molecule has 5 nitrogen and oxygen atoms in total. The average Bonchev–Trinajstić information content (AvgIpc) is 3.14. The summed E-state index contributed by atoms with van der Waals surface area (Å²) in [6.45, 7) is 3.29. The summed E-state index contributed by atoms with van der Waals surface area (Å²) in [5.41, 5.74) is 2.08. The van der Waals surface area contributed by atoms with Crippen LogP contribution in [0.4, 0.5) is 0 Å². The van der Waals surface area contributed by atoms with E-state index in [-0.39, 0.29) is 0 Å². The second kappa shape index (κ2) is 5.14. The molecule has 0 aliphatic carbocycles. The van der Waals surface area contributed by atoms with Gasteiger partial charge >= 0.3 is 0 Å². The maximum Gasteiger partial charge on any atom is 0.161 e. The fourth-order valence-corrected chi connectivity index (χ4v) is 3.51. The van der Waals surface area contributed by atoms with E-state index in [0.29, 0.717) is 12.1 Å². The smallest absolute Gasteiger partial charge is 0.161 e. The van der Waals surface area contributed by atoms with E-state index in [1.165, 1.54) is 31.5 Å². The molecule has 2 saturated heterocycles. The predicted octanol–water partition coefficient (Wildman–Crippen LogP) is 1.78. The van der Waals surface area contributed by atoms with Gasteiger partial charge < -0.3 is 5.32 Å². The molecule has 0 spiro atoms. The zero-order chi connectivity index (χ0) is 13.4. The number of piperidine rings is 1. The van der Waals surface area contributed by atoms with Crippen LogP contribution < -0.4 is 10.6 Å². The van der Waals surface area contributed by atoms with Crippen LogP contribution in [-0.2, 0) is 0 Å². The first-order valence-electron chi connectivity index (χ1n) is 7.70. The molecule has 4 rings (SSSR count). The first-order valence-corrected chi connectivity index (χ1v) is 7.70. The van der Waals surface area contributed by atoms with Crippen LogP contribution in [0.15, 0.2) is 18.3 Å². The standard InChI is InChI=1S/C15H21N5/c1-3-12-15(18-8-1)20(13-4-2-7-17-13)14(19-12)11-5-9-16-10-6-11/h1,3,8,11,13,16-17H,2,4-7,9-10H2. The Morgan fingerprint density at radius 3 is 2.85 bits per heavy atom. The molecular weight excluding hydrogens is 250 g/mol. The number of fused-ring (bicyclic) bond motifs is 1. The van der Waals surface area contributed by atoms with Crippen LogP contribution in [-0.4, -0.2) is 34.2 Å². The number of imidazole rings is 1. The van der Waals surface area contributed by atoms with Crippen LogP contribution in [0.2, 0.25) is 0 Å². The highest BCUT2D eigenvalue weighted by atomic mass is 15.3. The third-order valence-corrected chi connectivity index (χ3v) is 4.53. The Morgan fingerprint density at radius 2 is 2.05 bits per heavy atom. The van der Waals surface area contributed by atoms with Gasteiger partial charge in [0.05, 0.1) is 6.17 Å². The van der Waals surface area contributed by atoms with E-state index < -0.39 is 0 Å². The van der Waals surface area contributed by atoms with Gasteiger partial charge in [0.15, 0.2) is 5.65 Å². The summed E-state index contributed by atoms with van der Waals surface area (Å²) in [5.74, 6) is 1.80. The van der Waals surface area contributed by atoms with Gasteiger partial charge in [-0.1, -0.05) is 0 Å². The molecule has 2 aliphatic heterocycles. The van der Waals surface area contributed by atoms with Crippen molar-refractivity contribution in [2.45, 2.75) is 37.8 Å². The molecule has 20 heavy (non-hydrogen) atoms. The number of nitrogens with one attached hydrogen (secondary N) is 2. The molecule has 2 aliphatic rings. The first-order chi connectivity index (χ1) is 9.93. The van der Waals surface area contributed by atoms with Gasteiger partial charge in [0.2, 0.25) is 0 Å². The Hall–Kier alpha value is -1.46. The Bertz CT molecular complexity index is 593. The number of hydrogen-bond acceptors (Lipinski definition) is 4. The van der Waals surface area contributed by atoms with E-state index in [1.807, 2.05) is 12.3 Å². The number of pyridine rings is 1. The minimum Gasteiger partial charge on any atom is -0.317 e. The molecule has 5 heteroatoms. The zero-order valence-corrected chi connectivity index (χ0v) is 11.7. The van der Waals surface area contributed by atoms with Crippen LogP contribution in [0.5, 0.6) is 0 Å². The van der Waals surface area contributed by atoms with E-state index >= 15 is 0 Å². The average molecular weight is 271 g/mol. The molecule has 1 atom stereocenters. The Kier molecular flexibility index (Phi) is 3.16. The zero-order valence-electron chi connectivity index (χ0n) is 11.7. The summed E-state index contributed by atoms with van der Waals surface area (Å²) in [6.07, 6.45) is 7.02. The van der Waals surface area contributed by atoms with Crippen molar-refractivity contribution in [3.8, 4) is 0 Å². The highest BCUT2D eigenvalue weighted by Gasteiger charge is 2.27. The van der Waals surface area contributed by atoms with Crippen LogP contribution in [0.1, 0.15) is 43.6 Å². The molecule has 106 valence electrons. The normalized spacial score (nSPS) is 24.5. The topological polar surface area (TPSA) is 54.8 Å². The molecule has 4 heterocycles. The maximum atomic E-state index is 4.91. The van der Waals surface area contributed by atoms with Crippen LogP contribution in [0, 0.1) is 0 Å². The van der Waals surface area contributed by atoms with Gasteiger partial charge in [0, 0.05) is 12.1 Å². The first kappa shape index (κ1) is 12.3. The van der Waals surface area contributed by atoms with Crippen molar-refractivity contribution in [3.63, 3.8) is 0 Å². The quantitative estimate of drug-likeness (QED) is 0.874. The van der Waals surface area contributed by atoms with Crippen LogP contribution >= 0.6 is 0 Å². The summed E-state index contributed by atoms with van der Waals surface area (Å²) in [4.78, 5) is 9.50. The summed E-state index contributed by atoms with van der Waals surface area (Å²) >= 11 is 0. The van der Waals surface area contributed by atoms with Gasteiger partial charge in [-0.25, -0.2) is 9.97 Å². The summed E-state index contributed by atoms with van der Waals surface area (Å²) in [5, 5.41) is 7.04. The summed E-state index contributed by atoms with van der Waals surface area (Å²) < 4.78 is 2.37. The number of nitrogens with zero attached hydrogens (tertiary/aromatic N) is 3. The van der Waals surface area contributed by atoms with Gasteiger partial charge in [-0.3, -0.25) is 9.88 Å². The molecular formula is C15H21N5. The number of aromatic nitrogens is 3. The minimum absolute atomic E-state index is 0.375. The fourth-order valence-electron chi connectivity index (χ4n) is 3.51. The predicted molar refractivity (Wildman–Crippen MR) is 78.6 cm³/mol. The van der Waals surface area contributed by atoms with E-state index in [2.05, 4.69) is 26.3 Å². The highest BCUT2D eigenvalue weighted by Crippen LogP contribution is 2.31. The molecule has 2 fully saturated rings. The van der Waals surface area contributed by atoms with Crippen LogP contribution in [0.3, 0.4) is 0 Å². The van der Waals surface area contributed by atoms with Gasteiger partial charge in [0.25, 0.3) is 0 Å². The molecule has 0 radical (unpaired) electrons. The van der Waals surface area contributed by atoms with Crippen molar-refractivity contribution in [1.82, 2.24) is 25.2 Å². The molecule has 2 aromatic heterocycles. The number of rotatable bonds is 2. The van der Waals surface area contributed by atoms with Gasteiger partial charge in [-0.2, -0.15) is 0 Å². The van der Waals surface area contributed by atoms with E-state index in [9.17, 15) is 0 Å². The monoisotopic (exact) mass is 271 g/mol. The van der Waals surface area contributed by atoms with E-state index in [0.717, 1.165) is 30.8 Å². The Labute approximate surface area is 118 Å². The molecule has 2 N–H and O–H groups in total. The van der Waals surface area contributed by atoms with Crippen molar-refractivity contribution < 1.29 is 0 Å². The van der Waals surface area contributed by atoms with Gasteiger partial charge in [-0.15, -0.1) is 0 Å². The fraction of sp³-hybridized carbons (Fsp3) is 0.600. The van der Waals surface area contributed by atoms with Crippen LogP contribution in [0.25, 0.3) is 11.2 Å². The van der Waals surface area contributed by atoms with Crippen molar-refractivity contribution in [1.29, 1.82) is 0 Å². The highest BCUT2D eigenvalue weighted by molar-refractivity contribution is 5.71. The lowest BCUT2D eigenvalue weighted by molar-refractivity contribution is 0.397. The third kappa shape index (κ3) is 2.01. The maximum absolute atomic E-state index is 4.91. The number of hydrogen-bond donors (Lipinski definition) is 2. The van der Waals surface area contributed by atoms with E-state index in [4.69, 9.17) is 4.98 Å². The largest absolute Gasteiger partial charge is 0.317 e. The van der Waals surface area contributed by atoms with Gasteiger partial charge in [0.1, 0.15) is 11.3 Å². The molecule has 2 aromatic rings. The Balaban J connectivity index is 1.82. The summed E-state index contributed by atoms with van der Waals surface area (Å²) in [7, 11) is 0. The second-order valence-electron chi connectivity index (χ2n) is 5.82. The van der Waals surface area contributed by atoms with Gasteiger partial charge in [-0.05, 0) is 57.5 Å². The lowest BCUT2D eigenvalue weighted by atomic mass is 9.97. The van der Waals surface area contributed by atoms with Crippen molar-refractivity contribution in [2.75, 3.05) is 19.6 Å². The van der Waals surface area contributed by atoms with Crippen molar-refractivity contribution >= 4 is 11.2 Å². The molecule has 0 bridgehead atoms. The molecule has 1 unspecified atom stereocenters. The second-order valence-corrected chi connectivity index (χ2v) is 5.82. The lowest BCUT2D eigenvalue weighted by Crippen LogP contribution is -2.30. The molecule has 0 saturated carbocycles. The summed E-state index contributed by atoms with van der Waals surface area (Å²) in [6, 6.07) is 4.06.